The first-order chi connectivity index (χ1) is 8.56. The first-order valence-corrected chi connectivity index (χ1v) is 5.42. The fourth-order valence-electron chi connectivity index (χ4n) is 1.40. The molecule has 96 valence electrons. The van der Waals surface area contributed by atoms with Gasteiger partial charge in [0, 0.05) is 23.0 Å². The highest BCUT2D eigenvalue weighted by Crippen LogP contribution is 2.23. The van der Waals surface area contributed by atoms with Gasteiger partial charge in [-0.3, -0.25) is 4.79 Å². The van der Waals surface area contributed by atoms with Gasteiger partial charge in [0.25, 0.3) is 0 Å². The number of hydrogen-bond acceptors (Lipinski definition) is 3. The maximum absolute atomic E-state index is 12.9. The highest BCUT2D eigenvalue weighted by Gasteiger charge is 2.19. The number of azide groups is 1. The average molecular weight is 272 g/mol. The smallest absolute Gasteiger partial charge is 0.239 e. The van der Waals surface area contributed by atoms with Crippen LogP contribution < -0.4 is 11.1 Å². The van der Waals surface area contributed by atoms with E-state index in [1.807, 2.05) is 0 Å². The van der Waals surface area contributed by atoms with Crippen molar-refractivity contribution in [2.24, 2.45) is 10.8 Å². The van der Waals surface area contributed by atoms with Gasteiger partial charge >= 0.3 is 0 Å². The van der Waals surface area contributed by atoms with E-state index in [1.165, 1.54) is 12.1 Å². The van der Waals surface area contributed by atoms with Gasteiger partial charge in [-0.25, -0.2) is 4.39 Å². The molecule has 0 aromatic heterocycles. The number of nitrogens with two attached hydrogens (primary N) is 1. The summed E-state index contributed by atoms with van der Waals surface area (Å²) in [7, 11) is 0. The molecule has 18 heavy (non-hydrogen) atoms. The van der Waals surface area contributed by atoms with Crippen LogP contribution in [0.2, 0.25) is 5.02 Å². The lowest BCUT2D eigenvalue weighted by Crippen LogP contribution is -2.35. The van der Waals surface area contributed by atoms with E-state index in [-0.39, 0.29) is 18.1 Å². The van der Waals surface area contributed by atoms with Crippen LogP contribution in [0.1, 0.15) is 11.6 Å². The van der Waals surface area contributed by atoms with Gasteiger partial charge in [-0.1, -0.05) is 22.8 Å². The van der Waals surface area contributed by atoms with Crippen LogP contribution in [0.15, 0.2) is 23.3 Å². The molecule has 0 saturated heterocycles. The summed E-state index contributed by atoms with van der Waals surface area (Å²) < 4.78 is 12.9. The summed E-state index contributed by atoms with van der Waals surface area (Å²) in [4.78, 5) is 13.9. The predicted octanol–water partition coefficient (Wildman–Crippen LogP) is 1.91. The van der Waals surface area contributed by atoms with Gasteiger partial charge < -0.3 is 11.1 Å². The Morgan fingerprint density at radius 2 is 2.39 bits per heavy atom. The lowest BCUT2D eigenvalue weighted by molar-refractivity contribution is -0.120. The van der Waals surface area contributed by atoms with E-state index in [2.05, 4.69) is 15.3 Å². The largest absolute Gasteiger partial charge is 0.368 e. The third-order valence-electron chi connectivity index (χ3n) is 2.18. The van der Waals surface area contributed by atoms with Gasteiger partial charge in [0.1, 0.15) is 11.9 Å². The summed E-state index contributed by atoms with van der Waals surface area (Å²) in [6, 6.07) is 2.81. The van der Waals surface area contributed by atoms with Crippen molar-refractivity contribution >= 4 is 17.5 Å². The first kappa shape index (κ1) is 14.2. The summed E-state index contributed by atoms with van der Waals surface area (Å²) in [5.74, 6) is -1.15. The van der Waals surface area contributed by atoms with Crippen molar-refractivity contribution in [2.45, 2.75) is 6.04 Å². The van der Waals surface area contributed by atoms with E-state index >= 15 is 0 Å². The Morgan fingerprint density at radius 1 is 1.67 bits per heavy atom. The van der Waals surface area contributed by atoms with E-state index in [9.17, 15) is 9.18 Å². The highest BCUT2D eigenvalue weighted by molar-refractivity contribution is 6.31. The topological polar surface area (TPSA) is 104 Å². The van der Waals surface area contributed by atoms with E-state index in [0.29, 0.717) is 5.56 Å². The molecule has 0 aliphatic heterocycles. The third kappa shape index (κ3) is 3.89. The molecular weight excluding hydrogens is 261 g/mol. The molecule has 0 heterocycles. The second-order valence-corrected chi connectivity index (χ2v) is 3.82. The van der Waals surface area contributed by atoms with Gasteiger partial charge in [-0.15, -0.1) is 0 Å². The second-order valence-electron chi connectivity index (χ2n) is 3.41. The Labute approximate surface area is 108 Å². The molecule has 0 aliphatic carbocycles. The maximum atomic E-state index is 12.9. The van der Waals surface area contributed by atoms with Crippen LogP contribution in [-0.4, -0.2) is 19.0 Å². The SMILES string of the molecule is [N-]=[N+]=NCCNC(C(N)=O)c1ccc(F)cc1Cl. The number of halogens is 2. The van der Waals surface area contributed by atoms with E-state index in [4.69, 9.17) is 22.9 Å². The molecule has 0 bridgehead atoms. The fourth-order valence-corrected chi connectivity index (χ4v) is 1.68. The Balaban J connectivity index is 2.84. The second kappa shape index (κ2) is 6.80. The molecular formula is C10H11ClFN5O. The number of rotatable bonds is 6. The van der Waals surface area contributed by atoms with E-state index in [0.717, 1.165) is 6.07 Å². The molecule has 1 rings (SSSR count). The predicted molar refractivity (Wildman–Crippen MR) is 65.4 cm³/mol. The standard InChI is InChI=1S/C10H11ClFN5O/c11-8-5-6(12)1-2-7(8)9(10(13)18)15-3-4-16-17-14/h1-2,5,9,15H,3-4H2,(H2,13,18). The lowest BCUT2D eigenvalue weighted by Gasteiger charge is -2.16. The van der Waals surface area contributed by atoms with Gasteiger partial charge in [-0.2, -0.15) is 0 Å². The molecule has 0 aliphatic rings. The summed E-state index contributed by atoms with van der Waals surface area (Å²) >= 11 is 5.84. The molecule has 3 N–H and O–H groups in total. The number of nitrogens with zero attached hydrogens (tertiary/aromatic N) is 3. The molecule has 1 unspecified atom stereocenters. The number of hydrogen-bond donors (Lipinski definition) is 2. The van der Waals surface area contributed by atoms with E-state index < -0.39 is 17.8 Å². The molecule has 0 saturated carbocycles. The highest BCUT2D eigenvalue weighted by atomic mass is 35.5. The fraction of sp³-hybridized carbons (Fsp3) is 0.300. The molecule has 0 spiro atoms. The zero-order valence-corrected chi connectivity index (χ0v) is 10.1. The number of amides is 1. The number of primary amides is 1. The number of benzene rings is 1. The van der Waals surface area contributed by atoms with Gasteiger partial charge in [0.2, 0.25) is 5.91 Å². The summed E-state index contributed by atoms with van der Waals surface area (Å²) in [6.45, 7) is 0.421. The maximum Gasteiger partial charge on any atom is 0.239 e. The van der Waals surface area contributed by atoms with Crippen molar-refractivity contribution in [2.75, 3.05) is 13.1 Å². The van der Waals surface area contributed by atoms with Crippen molar-refractivity contribution in [1.82, 2.24) is 5.32 Å². The minimum absolute atomic E-state index is 0.107. The lowest BCUT2D eigenvalue weighted by atomic mass is 10.1. The number of carbonyl (C=O) groups is 1. The van der Waals surface area contributed by atoms with Crippen LogP contribution in [0.3, 0.4) is 0 Å². The van der Waals surface area contributed by atoms with Gasteiger partial charge in [0.15, 0.2) is 0 Å². The summed E-state index contributed by atoms with van der Waals surface area (Å²) in [5.41, 5.74) is 13.7. The Hall–Kier alpha value is -1.82. The van der Waals surface area contributed by atoms with Crippen LogP contribution in [0.4, 0.5) is 4.39 Å². The Bertz CT molecular complexity index is 489. The average Bonchev–Trinajstić information content (AvgIpc) is 2.30. The molecule has 8 heteroatoms. The van der Waals surface area contributed by atoms with Crippen LogP contribution >= 0.6 is 11.6 Å². The summed E-state index contributed by atoms with van der Waals surface area (Å²) in [5, 5.41) is 6.20. The van der Waals surface area contributed by atoms with Gasteiger partial charge in [0.05, 0.1) is 0 Å². The Morgan fingerprint density at radius 3 is 2.94 bits per heavy atom. The van der Waals surface area contributed by atoms with Gasteiger partial charge in [-0.05, 0) is 23.2 Å². The quantitative estimate of drug-likeness (QED) is 0.357. The van der Waals surface area contributed by atoms with Crippen LogP contribution in [-0.2, 0) is 4.79 Å². The molecule has 1 aromatic rings. The molecule has 0 fully saturated rings. The minimum Gasteiger partial charge on any atom is -0.368 e. The van der Waals surface area contributed by atoms with Crippen molar-refractivity contribution in [3.63, 3.8) is 0 Å². The minimum atomic E-state index is -0.855. The zero-order valence-electron chi connectivity index (χ0n) is 9.31. The molecule has 0 radical (unpaired) electrons. The van der Waals surface area contributed by atoms with Crippen molar-refractivity contribution in [3.8, 4) is 0 Å². The van der Waals surface area contributed by atoms with Crippen molar-refractivity contribution in [3.05, 3.63) is 45.0 Å². The molecule has 1 atom stereocenters. The van der Waals surface area contributed by atoms with Crippen LogP contribution in [0, 0.1) is 5.82 Å². The molecule has 6 nitrogen and oxygen atoms in total. The van der Waals surface area contributed by atoms with Crippen LogP contribution in [0.25, 0.3) is 10.4 Å². The summed E-state index contributed by atoms with van der Waals surface area (Å²) in [6.07, 6.45) is 0. The number of nitrogens with one attached hydrogen (secondary N) is 1. The molecule has 1 aromatic carbocycles. The number of carbonyl (C=O) groups excluding carboxylic acids is 1. The zero-order chi connectivity index (χ0) is 13.5. The van der Waals surface area contributed by atoms with Crippen molar-refractivity contribution < 1.29 is 9.18 Å². The Kier molecular flexibility index (Phi) is 5.38. The van der Waals surface area contributed by atoms with Crippen LogP contribution in [0.5, 0.6) is 0 Å². The normalized spacial score (nSPS) is 11.7. The third-order valence-corrected chi connectivity index (χ3v) is 2.51. The monoisotopic (exact) mass is 271 g/mol. The first-order valence-electron chi connectivity index (χ1n) is 5.04. The van der Waals surface area contributed by atoms with Crippen molar-refractivity contribution in [1.29, 1.82) is 0 Å². The molecule has 1 amide bonds. The van der Waals surface area contributed by atoms with E-state index in [1.54, 1.807) is 0 Å².